The second-order valence-corrected chi connectivity index (χ2v) is 6.34. The normalized spacial score (nSPS) is 21.9. The molecule has 1 aromatic rings. The number of nitrogens with one attached hydrogen (secondary N) is 1. The molecule has 0 aromatic heterocycles. The van der Waals surface area contributed by atoms with Gasteiger partial charge in [0.1, 0.15) is 11.6 Å². The molecular formula is C16H23F2N. The molecule has 0 amide bonds. The number of halogens is 2. The minimum absolute atomic E-state index is 0.0442. The van der Waals surface area contributed by atoms with Gasteiger partial charge in [0.25, 0.3) is 0 Å². The first-order valence-corrected chi connectivity index (χ1v) is 7.06. The van der Waals surface area contributed by atoms with Gasteiger partial charge in [-0.1, -0.05) is 20.8 Å². The lowest BCUT2D eigenvalue weighted by Crippen LogP contribution is -2.26. The van der Waals surface area contributed by atoms with Crippen LogP contribution in [0.3, 0.4) is 0 Å². The Labute approximate surface area is 114 Å². The summed E-state index contributed by atoms with van der Waals surface area (Å²) in [6.07, 6.45) is 2.54. The molecule has 0 aliphatic heterocycles. The van der Waals surface area contributed by atoms with E-state index in [1.165, 1.54) is 0 Å². The van der Waals surface area contributed by atoms with E-state index < -0.39 is 11.6 Å². The van der Waals surface area contributed by atoms with Crippen molar-refractivity contribution in [2.24, 2.45) is 5.41 Å². The lowest BCUT2D eigenvalue weighted by atomic mass is 9.82. The predicted octanol–water partition coefficient (Wildman–Crippen LogP) is 4.29. The van der Waals surface area contributed by atoms with Crippen LogP contribution in [0.5, 0.6) is 0 Å². The summed E-state index contributed by atoms with van der Waals surface area (Å²) in [6.45, 7) is 9.00. The van der Waals surface area contributed by atoms with Gasteiger partial charge in [-0.15, -0.1) is 0 Å². The van der Waals surface area contributed by atoms with Gasteiger partial charge in [0.15, 0.2) is 0 Å². The van der Waals surface area contributed by atoms with Crippen LogP contribution in [0, 0.1) is 24.0 Å². The summed E-state index contributed by atoms with van der Waals surface area (Å²) in [7, 11) is 0. The van der Waals surface area contributed by atoms with Gasteiger partial charge in [0.05, 0.1) is 0 Å². The predicted molar refractivity (Wildman–Crippen MR) is 74.2 cm³/mol. The van der Waals surface area contributed by atoms with Crippen molar-refractivity contribution in [2.75, 3.05) is 6.54 Å². The zero-order chi connectivity index (χ0) is 14.2. The van der Waals surface area contributed by atoms with E-state index in [0.29, 0.717) is 17.5 Å². The van der Waals surface area contributed by atoms with Gasteiger partial charge in [0.2, 0.25) is 0 Å². The maximum Gasteiger partial charge on any atom is 0.129 e. The molecule has 1 aliphatic rings. The van der Waals surface area contributed by atoms with E-state index in [0.717, 1.165) is 31.0 Å². The molecular weight excluding hydrogens is 244 g/mol. The Morgan fingerprint density at radius 3 is 2.63 bits per heavy atom. The Hall–Kier alpha value is -0.960. The Kier molecular flexibility index (Phi) is 3.95. The molecule has 19 heavy (non-hydrogen) atoms. The first kappa shape index (κ1) is 14.4. The number of fused-ring (bicyclic) bond motifs is 1. The fraction of sp³-hybridized carbons (Fsp3) is 0.625. The number of hydrogen-bond acceptors (Lipinski definition) is 1. The number of hydrogen-bond donors (Lipinski definition) is 1. The lowest BCUT2D eigenvalue weighted by molar-refractivity contribution is 0.274. The lowest BCUT2D eigenvalue weighted by Gasteiger charge is -2.28. The highest BCUT2D eigenvalue weighted by molar-refractivity contribution is 5.40. The zero-order valence-corrected chi connectivity index (χ0v) is 12.2. The third kappa shape index (κ3) is 2.81. The standard InChI is InChI=1S/C16H23F2N/c1-5-19-14-9-16(3,4)7-6-11-13(18)8-12(17)10(2)15(11)14/h8,14,19H,5-7,9H2,1-4H3. The van der Waals surface area contributed by atoms with Crippen molar-refractivity contribution in [1.29, 1.82) is 0 Å². The summed E-state index contributed by atoms with van der Waals surface area (Å²) < 4.78 is 27.9. The van der Waals surface area contributed by atoms with Gasteiger partial charge in [-0.05, 0) is 54.8 Å². The molecule has 0 spiro atoms. The maximum absolute atomic E-state index is 14.1. The van der Waals surface area contributed by atoms with E-state index in [2.05, 4.69) is 19.2 Å². The van der Waals surface area contributed by atoms with Crippen molar-refractivity contribution >= 4 is 0 Å². The molecule has 106 valence electrons. The van der Waals surface area contributed by atoms with Crippen LogP contribution < -0.4 is 5.32 Å². The molecule has 1 unspecified atom stereocenters. The quantitative estimate of drug-likeness (QED) is 0.788. The fourth-order valence-electron chi connectivity index (χ4n) is 3.16. The summed E-state index contributed by atoms with van der Waals surface area (Å²) in [6, 6.07) is 1.08. The van der Waals surface area contributed by atoms with Crippen molar-refractivity contribution in [2.45, 2.75) is 53.0 Å². The summed E-state index contributed by atoms with van der Waals surface area (Å²) in [4.78, 5) is 0. The summed E-state index contributed by atoms with van der Waals surface area (Å²) in [5.41, 5.74) is 2.29. The highest BCUT2D eigenvalue weighted by Gasteiger charge is 2.32. The van der Waals surface area contributed by atoms with Gasteiger partial charge in [-0.25, -0.2) is 8.78 Å². The molecule has 0 bridgehead atoms. The van der Waals surface area contributed by atoms with Gasteiger partial charge in [-0.3, -0.25) is 0 Å². The molecule has 0 saturated heterocycles. The summed E-state index contributed by atoms with van der Waals surface area (Å²) in [5.74, 6) is -0.822. The summed E-state index contributed by atoms with van der Waals surface area (Å²) >= 11 is 0. The molecule has 1 nitrogen and oxygen atoms in total. The first-order valence-electron chi connectivity index (χ1n) is 7.06. The van der Waals surface area contributed by atoms with Crippen molar-refractivity contribution in [3.05, 3.63) is 34.4 Å². The van der Waals surface area contributed by atoms with Crippen molar-refractivity contribution < 1.29 is 8.78 Å². The van der Waals surface area contributed by atoms with Crippen molar-refractivity contribution in [1.82, 2.24) is 5.32 Å². The van der Waals surface area contributed by atoms with E-state index >= 15 is 0 Å². The highest BCUT2D eigenvalue weighted by Crippen LogP contribution is 2.41. The van der Waals surface area contributed by atoms with Crippen LogP contribution in [-0.2, 0) is 6.42 Å². The van der Waals surface area contributed by atoms with Crippen LogP contribution in [0.25, 0.3) is 0 Å². The molecule has 3 heteroatoms. The van der Waals surface area contributed by atoms with E-state index in [9.17, 15) is 8.78 Å². The molecule has 0 fully saturated rings. The second-order valence-electron chi connectivity index (χ2n) is 6.34. The largest absolute Gasteiger partial charge is 0.310 e. The van der Waals surface area contributed by atoms with Crippen molar-refractivity contribution in [3.8, 4) is 0 Å². The molecule has 0 radical (unpaired) electrons. The van der Waals surface area contributed by atoms with Gasteiger partial charge in [0, 0.05) is 12.1 Å². The number of benzene rings is 1. The second kappa shape index (κ2) is 5.20. The topological polar surface area (TPSA) is 12.0 Å². The SMILES string of the molecule is CCNC1CC(C)(C)CCc2c(F)cc(F)c(C)c21. The minimum atomic E-state index is -0.432. The third-order valence-corrected chi connectivity index (χ3v) is 4.24. The van der Waals surface area contributed by atoms with Crippen LogP contribution >= 0.6 is 0 Å². The highest BCUT2D eigenvalue weighted by atomic mass is 19.1. The summed E-state index contributed by atoms with van der Waals surface area (Å²) in [5, 5.41) is 3.40. The Bertz CT molecular complexity index is 480. The van der Waals surface area contributed by atoms with E-state index in [1.54, 1.807) is 6.92 Å². The number of rotatable bonds is 2. The van der Waals surface area contributed by atoms with Crippen LogP contribution in [0.4, 0.5) is 8.78 Å². The molecule has 0 heterocycles. The molecule has 0 saturated carbocycles. The van der Waals surface area contributed by atoms with E-state index in [1.807, 2.05) is 6.92 Å². The Balaban J connectivity index is 2.57. The van der Waals surface area contributed by atoms with E-state index in [-0.39, 0.29) is 11.5 Å². The minimum Gasteiger partial charge on any atom is -0.310 e. The van der Waals surface area contributed by atoms with Crippen LogP contribution in [0.2, 0.25) is 0 Å². The van der Waals surface area contributed by atoms with Gasteiger partial charge >= 0.3 is 0 Å². The average Bonchev–Trinajstić information content (AvgIpc) is 2.43. The van der Waals surface area contributed by atoms with Gasteiger partial charge < -0.3 is 5.32 Å². The molecule has 1 N–H and O–H groups in total. The average molecular weight is 267 g/mol. The maximum atomic E-state index is 14.1. The smallest absolute Gasteiger partial charge is 0.129 e. The Morgan fingerprint density at radius 1 is 1.32 bits per heavy atom. The molecule has 2 rings (SSSR count). The van der Waals surface area contributed by atoms with E-state index in [4.69, 9.17) is 0 Å². The molecule has 1 aliphatic carbocycles. The fourth-order valence-corrected chi connectivity index (χ4v) is 3.16. The third-order valence-electron chi connectivity index (χ3n) is 4.24. The van der Waals surface area contributed by atoms with Crippen LogP contribution in [0.1, 0.15) is 56.3 Å². The molecule has 1 atom stereocenters. The molecule has 1 aromatic carbocycles. The van der Waals surface area contributed by atoms with Crippen LogP contribution in [0.15, 0.2) is 6.07 Å². The zero-order valence-electron chi connectivity index (χ0n) is 12.2. The van der Waals surface area contributed by atoms with Crippen molar-refractivity contribution in [3.63, 3.8) is 0 Å². The Morgan fingerprint density at radius 2 is 2.00 bits per heavy atom. The van der Waals surface area contributed by atoms with Crippen LogP contribution in [-0.4, -0.2) is 6.54 Å². The van der Waals surface area contributed by atoms with Gasteiger partial charge in [-0.2, -0.15) is 0 Å². The monoisotopic (exact) mass is 267 g/mol. The first-order chi connectivity index (χ1) is 8.85.